The van der Waals surface area contributed by atoms with Gasteiger partial charge in [0.05, 0.1) is 5.52 Å². The summed E-state index contributed by atoms with van der Waals surface area (Å²) in [6.07, 6.45) is 7.08. The smallest absolute Gasteiger partial charge is 0.0705 e. The number of benzene rings is 1. The van der Waals surface area contributed by atoms with Gasteiger partial charge >= 0.3 is 0 Å². The Morgan fingerprint density at radius 3 is 2.77 bits per heavy atom. The summed E-state index contributed by atoms with van der Waals surface area (Å²) in [5.41, 5.74) is 2.55. The molecule has 2 aromatic rings. The molecule has 6 rings (SSSR count). The van der Waals surface area contributed by atoms with Crippen LogP contribution >= 0.6 is 0 Å². The number of hydrogen-bond donors (Lipinski definition) is 0. The summed E-state index contributed by atoms with van der Waals surface area (Å²) >= 11 is 0. The number of hydrogen-bond acceptors (Lipinski definition) is 4. The lowest BCUT2D eigenvalue weighted by atomic mass is 9.94. The molecule has 138 valence electrons. The van der Waals surface area contributed by atoms with E-state index in [4.69, 9.17) is 4.74 Å². The Bertz CT molecular complexity index is 753. The molecule has 2 bridgehead atoms. The number of piperidine rings is 1. The molecule has 1 aromatic heterocycles. The van der Waals surface area contributed by atoms with Crippen LogP contribution in [-0.2, 0) is 11.3 Å². The SMILES string of the molecule is c1cc(CN2C[C@H]3CC[C@@H]2CN(C2CCOCC2)C3)c2cccnc2c1. The van der Waals surface area contributed by atoms with Crippen LogP contribution in [0.2, 0.25) is 0 Å². The van der Waals surface area contributed by atoms with Crippen molar-refractivity contribution in [2.45, 2.75) is 44.3 Å². The Morgan fingerprint density at radius 2 is 1.85 bits per heavy atom. The normalized spacial score (nSPS) is 28.5. The quantitative estimate of drug-likeness (QED) is 0.848. The van der Waals surface area contributed by atoms with Crippen LogP contribution in [0.25, 0.3) is 10.9 Å². The predicted octanol–water partition coefficient (Wildman–Crippen LogP) is 3.31. The van der Waals surface area contributed by atoms with Gasteiger partial charge < -0.3 is 4.74 Å². The van der Waals surface area contributed by atoms with Crippen LogP contribution in [0.1, 0.15) is 31.2 Å². The Morgan fingerprint density at radius 1 is 0.923 bits per heavy atom. The van der Waals surface area contributed by atoms with Gasteiger partial charge in [-0.05, 0) is 49.3 Å². The molecular weight excluding hydrogens is 322 g/mol. The number of ether oxygens (including phenoxy) is 1. The molecule has 1 aromatic carbocycles. The number of nitrogens with zero attached hydrogens (tertiary/aromatic N) is 3. The van der Waals surface area contributed by atoms with E-state index in [1.165, 1.54) is 56.3 Å². The number of aromatic nitrogens is 1. The van der Waals surface area contributed by atoms with Gasteiger partial charge in [0.25, 0.3) is 0 Å². The van der Waals surface area contributed by atoms with Crippen molar-refractivity contribution < 1.29 is 4.74 Å². The summed E-state index contributed by atoms with van der Waals surface area (Å²) in [6.45, 7) is 6.73. The van der Waals surface area contributed by atoms with Crippen molar-refractivity contribution in [3.63, 3.8) is 0 Å². The molecule has 0 N–H and O–H groups in total. The van der Waals surface area contributed by atoms with Crippen LogP contribution < -0.4 is 0 Å². The summed E-state index contributed by atoms with van der Waals surface area (Å²) in [5, 5.41) is 1.32. The maximum Gasteiger partial charge on any atom is 0.0705 e. The van der Waals surface area contributed by atoms with Crippen molar-refractivity contribution in [3.05, 3.63) is 42.1 Å². The Kier molecular flexibility index (Phi) is 4.65. The molecule has 0 unspecified atom stereocenters. The van der Waals surface area contributed by atoms with Gasteiger partial charge in [-0.3, -0.25) is 14.8 Å². The first kappa shape index (κ1) is 16.7. The highest BCUT2D eigenvalue weighted by molar-refractivity contribution is 5.81. The van der Waals surface area contributed by atoms with E-state index >= 15 is 0 Å². The zero-order valence-electron chi connectivity index (χ0n) is 15.5. The molecule has 0 spiro atoms. The molecule has 4 aliphatic heterocycles. The van der Waals surface area contributed by atoms with Crippen molar-refractivity contribution in [2.75, 3.05) is 32.8 Å². The van der Waals surface area contributed by atoms with E-state index in [1.807, 2.05) is 6.20 Å². The molecule has 4 heteroatoms. The Labute approximate surface area is 156 Å². The van der Waals surface area contributed by atoms with Crippen LogP contribution in [0.3, 0.4) is 0 Å². The van der Waals surface area contributed by atoms with E-state index in [0.29, 0.717) is 6.04 Å². The van der Waals surface area contributed by atoms with E-state index in [9.17, 15) is 0 Å². The zero-order valence-corrected chi connectivity index (χ0v) is 15.5. The van der Waals surface area contributed by atoms with E-state index in [2.05, 4.69) is 45.1 Å². The summed E-state index contributed by atoms with van der Waals surface area (Å²) in [7, 11) is 0. The highest BCUT2D eigenvalue weighted by Crippen LogP contribution is 2.32. The lowest BCUT2D eigenvalue weighted by Gasteiger charge is -2.37. The summed E-state index contributed by atoms with van der Waals surface area (Å²) in [5.74, 6) is 0.824. The fourth-order valence-electron chi connectivity index (χ4n) is 5.28. The van der Waals surface area contributed by atoms with E-state index < -0.39 is 0 Å². The Balaban J connectivity index is 1.35. The minimum atomic E-state index is 0.698. The van der Waals surface area contributed by atoms with Gasteiger partial charge in [-0.2, -0.15) is 0 Å². The topological polar surface area (TPSA) is 28.6 Å². The van der Waals surface area contributed by atoms with Crippen molar-refractivity contribution in [1.82, 2.24) is 14.8 Å². The average molecular weight is 351 g/mol. The van der Waals surface area contributed by atoms with E-state index in [-0.39, 0.29) is 0 Å². The zero-order chi connectivity index (χ0) is 17.3. The van der Waals surface area contributed by atoms with Crippen LogP contribution in [0.4, 0.5) is 0 Å². The predicted molar refractivity (Wildman–Crippen MR) is 104 cm³/mol. The molecule has 4 fully saturated rings. The van der Waals surface area contributed by atoms with Gasteiger partial charge in [0.1, 0.15) is 0 Å². The molecule has 5 heterocycles. The third-order valence-electron chi connectivity index (χ3n) is 6.67. The average Bonchev–Trinajstić information content (AvgIpc) is 3.01. The molecule has 0 radical (unpaired) electrons. The maximum atomic E-state index is 5.59. The first-order chi connectivity index (χ1) is 12.9. The van der Waals surface area contributed by atoms with Crippen molar-refractivity contribution in [2.24, 2.45) is 5.92 Å². The van der Waals surface area contributed by atoms with Crippen molar-refractivity contribution in [1.29, 1.82) is 0 Å². The molecule has 4 nitrogen and oxygen atoms in total. The molecule has 4 aliphatic rings. The number of rotatable bonds is 3. The summed E-state index contributed by atoms with van der Waals surface area (Å²) in [6, 6.07) is 12.3. The van der Waals surface area contributed by atoms with Crippen LogP contribution in [0.15, 0.2) is 36.5 Å². The molecule has 4 saturated heterocycles. The van der Waals surface area contributed by atoms with Crippen LogP contribution in [0.5, 0.6) is 0 Å². The van der Waals surface area contributed by atoms with Gasteiger partial charge in [0.15, 0.2) is 0 Å². The maximum absolute atomic E-state index is 5.59. The lowest BCUT2D eigenvalue weighted by Crippen LogP contribution is -2.45. The molecule has 0 saturated carbocycles. The van der Waals surface area contributed by atoms with Crippen LogP contribution in [0, 0.1) is 5.92 Å². The fraction of sp³-hybridized carbons (Fsp3) is 0.591. The first-order valence-electron chi connectivity index (χ1n) is 10.3. The standard InChI is InChI=1S/C22H29N3O/c1-3-18(21-4-2-10-23-22(21)5-1)15-24-13-17-6-7-20(24)16-25(14-17)19-8-11-26-12-9-19/h1-5,10,17,19-20H,6-9,11-16H2/t17-,20-/m1/s1. The largest absolute Gasteiger partial charge is 0.381 e. The third-order valence-corrected chi connectivity index (χ3v) is 6.67. The highest BCUT2D eigenvalue weighted by atomic mass is 16.5. The first-order valence-corrected chi connectivity index (χ1v) is 10.3. The second-order valence-corrected chi connectivity index (χ2v) is 8.31. The molecule has 26 heavy (non-hydrogen) atoms. The molecular formula is C22H29N3O. The van der Waals surface area contributed by atoms with Crippen LogP contribution in [-0.4, -0.2) is 59.7 Å². The summed E-state index contributed by atoms with van der Waals surface area (Å²) in [4.78, 5) is 10.1. The minimum Gasteiger partial charge on any atom is -0.381 e. The van der Waals surface area contributed by atoms with Gasteiger partial charge in [-0.25, -0.2) is 0 Å². The van der Waals surface area contributed by atoms with E-state index in [1.54, 1.807) is 0 Å². The highest BCUT2D eigenvalue weighted by Gasteiger charge is 2.37. The minimum absolute atomic E-state index is 0.698. The molecule has 0 aliphatic carbocycles. The van der Waals surface area contributed by atoms with Gasteiger partial charge in [0, 0.05) is 63.1 Å². The van der Waals surface area contributed by atoms with Gasteiger partial charge in [0.2, 0.25) is 0 Å². The van der Waals surface area contributed by atoms with Crippen molar-refractivity contribution >= 4 is 10.9 Å². The van der Waals surface area contributed by atoms with Gasteiger partial charge in [-0.15, -0.1) is 0 Å². The van der Waals surface area contributed by atoms with Gasteiger partial charge in [-0.1, -0.05) is 18.2 Å². The third kappa shape index (κ3) is 3.26. The van der Waals surface area contributed by atoms with Crippen molar-refractivity contribution in [3.8, 4) is 0 Å². The second kappa shape index (κ2) is 7.26. The monoisotopic (exact) mass is 351 g/mol. The molecule has 2 atom stereocenters. The number of pyridine rings is 1. The summed E-state index contributed by atoms with van der Waals surface area (Å²) < 4.78 is 5.59. The fourth-order valence-corrected chi connectivity index (χ4v) is 5.28. The number of fused-ring (bicyclic) bond motifs is 5. The Hall–Kier alpha value is -1.49. The second-order valence-electron chi connectivity index (χ2n) is 8.31. The van der Waals surface area contributed by atoms with E-state index in [0.717, 1.165) is 37.2 Å². The molecule has 0 amide bonds. The lowest BCUT2D eigenvalue weighted by molar-refractivity contribution is 0.0307.